The van der Waals surface area contributed by atoms with Gasteiger partial charge in [0.2, 0.25) is 5.75 Å². The summed E-state index contributed by atoms with van der Waals surface area (Å²) in [5.41, 5.74) is 0.576. The van der Waals surface area contributed by atoms with Gasteiger partial charge in [0.05, 0.1) is 21.3 Å². The molecule has 2 N–H and O–H groups in total. The summed E-state index contributed by atoms with van der Waals surface area (Å²) in [6, 6.07) is 7.34. The molecule has 0 bridgehead atoms. The maximum Gasteiger partial charge on any atom is 0.342 e. The standard InChI is InChI=1S/C19H20ClNO7/c1-25-15-6-11(7-16(26-2)18(15)27-3)9-21-17(23)10-28-19(24)13-8-12(20)4-5-14(13)22/h4-8,22H,9-10H2,1-3H3,(H,21,23). The number of phenolic OH excluding ortho intramolecular Hbond substituents is 1. The Morgan fingerprint density at radius 2 is 1.68 bits per heavy atom. The van der Waals surface area contributed by atoms with Crippen molar-refractivity contribution in [3.05, 3.63) is 46.5 Å². The van der Waals surface area contributed by atoms with E-state index in [1.54, 1.807) is 12.1 Å². The smallest absolute Gasteiger partial charge is 0.342 e. The second-order valence-electron chi connectivity index (χ2n) is 5.55. The van der Waals surface area contributed by atoms with E-state index in [2.05, 4.69) is 5.32 Å². The normalized spacial score (nSPS) is 10.1. The van der Waals surface area contributed by atoms with Crippen molar-refractivity contribution in [2.45, 2.75) is 6.54 Å². The number of ether oxygens (including phenoxy) is 4. The molecule has 0 aliphatic carbocycles. The lowest BCUT2D eigenvalue weighted by molar-refractivity contribution is -0.124. The van der Waals surface area contributed by atoms with Crippen molar-refractivity contribution in [3.8, 4) is 23.0 Å². The number of hydrogen-bond donors (Lipinski definition) is 2. The lowest BCUT2D eigenvalue weighted by Gasteiger charge is -2.14. The van der Waals surface area contributed by atoms with Crippen LogP contribution in [-0.4, -0.2) is 44.9 Å². The van der Waals surface area contributed by atoms with Gasteiger partial charge in [-0.3, -0.25) is 4.79 Å². The van der Waals surface area contributed by atoms with Gasteiger partial charge in [0.15, 0.2) is 18.1 Å². The Morgan fingerprint density at radius 1 is 1.04 bits per heavy atom. The van der Waals surface area contributed by atoms with E-state index in [1.165, 1.54) is 39.5 Å². The van der Waals surface area contributed by atoms with Gasteiger partial charge in [-0.05, 0) is 35.9 Å². The molecule has 0 aliphatic heterocycles. The van der Waals surface area contributed by atoms with Crippen LogP contribution in [0.4, 0.5) is 0 Å². The molecule has 0 spiro atoms. The van der Waals surface area contributed by atoms with Crippen LogP contribution in [-0.2, 0) is 16.1 Å². The summed E-state index contributed by atoms with van der Waals surface area (Å²) in [5.74, 6) is -0.322. The van der Waals surface area contributed by atoms with Gasteiger partial charge in [0, 0.05) is 11.6 Å². The summed E-state index contributed by atoms with van der Waals surface area (Å²) in [7, 11) is 4.47. The first-order valence-corrected chi connectivity index (χ1v) is 8.48. The summed E-state index contributed by atoms with van der Waals surface area (Å²) in [6.07, 6.45) is 0. The Balaban J connectivity index is 1.95. The van der Waals surface area contributed by atoms with Gasteiger partial charge in [0.1, 0.15) is 11.3 Å². The summed E-state index contributed by atoms with van der Waals surface area (Å²) < 4.78 is 20.6. The zero-order valence-electron chi connectivity index (χ0n) is 15.6. The van der Waals surface area contributed by atoms with Crippen LogP contribution in [0.25, 0.3) is 0 Å². The molecule has 0 saturated heterocycles. The maximum absolute atomic E-state index is 12.0. The van der Waals surface area contributed by atoms with Crippen LogP contribution in [0.5, 0.6) is 23.0 Å². The van der Waals surface area contributed by atoms with Crippen LogP contribution in [0.3, 0.4) is 0 Å². The number of amides is 1. The second-order valence-corrected chi connectivity index (χ2v) is 5.98. The number of aromatic hydroxyl groups is 1. The van der Waals surface area contributed by atoms with Crippen molar-refractivity contribution >= 4 is 23.5 Å². The first-order chi connectivity index (χ1) is 13.4. The highest BCUT2D eigenvalue weighted by atomic mass is 35.5. The average Bonchev–Trinajstić information content (AvgIpc) is 2.71. The first-order valence-electron chi connectivity index (χ1n) is 8.10. The highest BCUT2D eigenvalue weighted by Crippen LogP contribution is 2.38. The molecular formula is C19H20ClNO7. The number of hydrogen-bond acceptors (Lipinski definition) is 7. The van der Waals surface area contributed by atoms with E-state index in [4.69, 9.17) is 30.5 Å². The van der Waals surface area contributed by atoms with E-state index in [0.717, 1.165) is 0 Å². The molecule has 0 saturated carbocycles. The van der Waals surface area contributed by atoms with Crippen molar-refractivity contribution in [1.82, 2.24) is 5.32 Å². The molecule has 0 aromatic heterocycles. The van der Waals surface area contributed by atoms with Crippen molar-refractivity contribution in [1.29, 1.82) is 0 Å². The molecule has 0 heterocycles. The molecule has 0 fully saturated rings. The van der Waals surface area contributed by atoms with Crippen molar-refractivity contribution in [2.75, 3.05) is 27.9 Å². The van der Waals surface area contributed by atoms with E-state index in [0.29, 0.717) is 22.8 Å². The predicted molar refractivity (Wildman–Crippen MR) is 101 cm³/mol. The highest BCUT2D eigenvalue weighted by Gasteiger charge is 2.16. The Morgan fingerprint density at radius 3 is 2.25 bits per heavy atom. The van der Waals surface area contributed by atoms with E-state index in [9.17, 15) is 14.7 Å². The van der Waals surface area contributed by atoms with Gasteiger partial charge in [-0.2, -0.15) is 0 Å². The van der Waals surface area contributed by atoms with Gasteiger partial charge in [-0.15, -0.1) is 0 Å². The van der Waals surface area contributed by atoms with E-state index in [1.807, 2.05) is 0 Å². The van der Waals surface area contributed by atoms with Gasteiger partial charge in [-0.1, -0.05) is 11.6 Å². The molecule has 0 atom stereocenters. The second kappa shape index (κ2) is 9.70. The van der Waals surface area contributed by atoms with E-state index >= 15 is 0 Å². The molecule has 150 valence electrons. The summed E-state index contributed by atoms with van der Waals surface area (Å²) in [6.45, 7) is -0.370. The maximum atomic E-state index is 12.0. The van der Waals surface area contributed by atoms with Crippen LogP contribution >= 0.6 is 11.6 Å². The number of halogens is 1. The Kier molecular flexibility index (Phi) is 7.34. The lowest BCUT2D eigenvalue weighted by atomic mass is 10.1. The number of phenols is 1. The Hall–Kier alpha value is -3.13. The largest absolute Gasteiger partial charge is 0.507 e. The lowest BCUT2D eigenvalue weighted by Crippen LogP contribution is -2.28. The quantitative estimate of drug-likeness (QED) is 0.646. The third-order valence-electron chi connectivity index (χ3n) is 3.73. The summed E-state index contributed by atoms with van der Waals surface area (Å²) in [4.78, 5) is 23.9. The number of methoxy groups -OCH3 is 3. The first kappa shape index (κ1) is 21.2. The average molecular weight is 410 g/mol. The van der Waals surface area contributed by atoms with Crippen LogP contribution in [0.15, 0.2) is 30.3 Å². The van der Waals surface area contributed by atoms with Gasteiger partial charge >= 0.3 is 5.97 Å². The minimum atomic E-state index is -0.858. The number of benzene rings is 2. The Bertz CT molecular complexity index is 844. The molecule has 2 aromatic rings. The third-order valence-corrected chi connectivity index (χ3v) is 3.96. The van der Waals surface area contributed by atoms with E-state index < -0.39 is 18.5 Å². The SMILES string of the molecule is COc1cc(CNC(=O)COC(=O)c2cc(Cl)ccc2O)cc(OC)c1OC. The molecule has 0 radical (unpaired) electrons. The predicted octanol–water partition coefficient (Wildman–Crippen LogP) is 2.54. The zero-order chi connectivity index (χ0) is 20.7. The molecular weight excluding hydrogens is 390 g/mol. The molecule has 28 heavy (non-hydrogen) atoms. The fourth-order valence-electron chi connectivity index (χ4n) is 2.37. The van der Waals surface area contributed by atoms with Gasteiger partial charge < -0.3 is 29.4 Å². The number of carbonyl (C=O) groups excluding carboxylic acids is 2. The molecule has 2 rings (SSSR count). The van der Waals surface area contributed by atoms with Crippen LogP contribution < -0.4 is 19.5 Å². The molecule has 1 amide bonds. The van der Waals surface area contributed by atoms with Gasteiger partial charge in [0.25, 0.3) is 5.91 Å². The summed E-state index contributed by atoms with van der Waals surface area (Å²) >= 11 is 5.78. The zero-order valence-corrected chi connectivity index (χ0v) is 16.3. The Labute approximate surface area is 166 Å². The molecule has 0 aliphatic rings. The van der Waals surface area contributed by atoms with Crippen LogP contribution in [0.1, 0.15) is 15.9 Å². The van der Waals surface area contributed by atoms with Crippen molar-refractivity contribution in [3.63, 3.8) is 0 Å². The van der Waals surface area contributed by atoms with Crippen LogP contribution in [0.2, 0.25) is 5.02 Å². The molecule has 0 unspecified atom stereocenters. The molecule has 2 aromatic carbocycles. The summed E-state index contributed by atoms with van der Waals surface area (Å²) in [5, 5.41) is 12.5. The third kappa shape index (κ3) is 5.20. The fourth-order valence-corrected chi connectivity index (χ4v) is 2.54. The van der Waals surface area contributed by atoms with Crippen molar-refractivity contribution < 1.29 is 33.6 Å². The number of rotatable bonds is 8. The molecule has 8 nitrogen and oxygen atoms in total. The number of nitrogens with one attached hydrogen (secondary N) is 1. The highest BCUT2D eigenvalue weighted by molar-refractivity contribution is 6.31. The minimum absolute atomic E-state index is 0.120. The fraction of sp³-hybridized carbons (Fsp3) is 0.263. The van der Waals surface area contributed by atoms with Crippen molar-refractivity contribution in [2.24, 2.45) is 0 Å². The number of carbonyl (C=O) groups is 2. The van der Waals surface area contributed by atoms with E-state index in [-0.39, 0.29) is 22.9 Å². The minimum Gasteiger partial charge on any atom is -0.507 e. The monoisotopic (exact) mass is 409 g/mol. The topological polar surface area (TPSA) is 103 Å². The van der Waals surface area contributed by atoms with Gasteiger partial charge in [-0.25, -0.2) is 4.79 Å². The number of esters is 1. The molecule has 9 heteroatoms. The van der Waals surface area contributed by atoms with Crippen LogP contribution in [0, 0.1) is 0 Å².